The van der Waals surface area contributed by atoms with Crippen LogP contribution in [-0.2, 0) is 9.53 Å². The van der Waals surface area contributed by atoms with Gasteiger partial charge in [-0.1, -0.05) is 12.1 Å². The summed E-state index contributed by atoms with van der Waals surface area (Å²) in [5, 5.41) is 11.1. The molecule has 0 spiro atoms. The van der Waals surface area contributed by atoms with E-state index < -0.39 is 10.9 Å². The van der Waals surface area contributed by atoms with E-state index in [-0.39, 0.29) is 11.3 Å². The lowest BCUT2D eigenvalue weighted by Crippen LogP contribution is -1.99. The van der Waals surface area contributed by atoms with Gasteiger partial charge in [0.2, 0.25) is 0 Å². The predicted octanol–water partition coefficient (Wildman–Crippen LogP) is 3.90. The third-order valence-electron chi connectivity index (χ3n) is 4.15. The second kappa shape index (κ2) is 7.33. The minimum absolute atomic E-state index is 0.00520. The van der Waals surface area contributed by atoms with Crippen LogP contribution in [0.1, 0.15) is 16.7 Å². The number of nitro groups is 1. The molecule has 138 valence electrons. The molecular formula is C20H17NO6. The highest BCUT2D eigenvalue weighted by Gasteiger charge is 2.25. The Bertz CT molecular complexity index is 990. The first-order valence-corrected chi connectivity index (χ1v) is 8.06. The molecule has 1 aliphatic rings. The molecule has 0 amide bonds. The highest BCUT2D eigenvalue weighted by atomic mass is 16.6. The lowest BCUT2D eigenvalue weighted by molar-refractivity contribution is -0.385. The topological polar surface area (TPSA) is 87.9 Å². The Kier molecular flexibility index (Phi) is 4.94. The van der Waals surface area contributed by atoms with Crippen molar-refractivity contribution in [3.63, 3.8) is 0 Å². The van der Waals surface area contributed by atoms with E-state index in [0.717, 1.165) is 0 Å². The lowest BCUT2D eigenvalue weighted by Gasteiger charge is -2.10. The van der Waals surface area contributed by atoms with Gasteiger partial charge in [0.15, 0.2) is 0 Å². The zero-order valence-electron chi connectivity index (χ0n) is 15.0. The predicted molar refractivity (Wildman–Crippen MR) is 99.4 cm³/mol. The standard InChI is InChI=1S/C20H17NO6/c1-12-4-5-13(9-17(12)21(23)24)8-14-10-19(27-20(14)22)16-11-15(25-2)6-7-18(16)26-3/h4-11H,1-3H3/b14-8-. The van der Waals surface area contributed by atoms with Gasteiger partial charge in [-0.25, -0.2) is 4.79 Å². The van der Waals surface area contributed by atoms with Crippen molar-refractivity contribution in [2.45, 2.75) is 6.92 Å². The van der Waals surface area contributed by atoms with Crippen molar-refractivity contribution in [2.75, 3.05) is 14.2 Å². The van der Waals surface area contributed by atoms with Crippen molar-refractivity contribution in [3.05, 3.63) is 74.9 Å². The molecule has 7 heteroatoms. The van der Waals surface area contributed by atoms with Gasteiger partial charge in [0.25, 0.3) is 5.69 Å². The number of carbonyl (C=O) groups is 1. The van der Waals surface area contributed by atoms with E-state index in [2.05, 4.69) is 0 Å². The number of hydrogen-bond donors (Lipinski definition) is 0. The normalized spacial score (nSPS) is 14.7. The van der Waals surface area contributed by atoms with Crippen LogP contribution >= 0.6 is 0 Å². The van der Waals surface area contributed by atoms with Crippen molar-refractivity contribution < 1.29 is 23.9 Å². The number of esters is 1. The SMILES string of the molecule is COc1ccc(OC)c(C2=C/C(=C/c3ccc(C)c([N+](=O)[O-])c3)C(=O)O2)c1. The van der Waals surface area contributed by atoms with Crippen LogP contribution in [0.15, 0.2) is 48.0 Å². The summed E-state index contributed by atoms with van der Waals surface area (Å²) in [6.07, 6.45) is 3.12. The molecule has 0 fully saturated rings. The Balaban J connectivity index is 2.01. The molecule has 0 bridgehead atoms. The summed E-state index contributed by atoms with van der Waals surface area (Å²) in [6, 6.07) is 9.93. The van der Waals surface area contributed by atoms with Gasteiger partial charge in [-0.15, -0.1) is 0 Å². The quantitative estimate of drug-likeness (QED) is 0.345. The number of aryl methyl sites for hydroxylation is 1. The number of rotatable bonds is 5. The van der Waals surface area contributed by atoms with Gasteiger partial charge < -0.3 is 14.2 Å². The van der Waals surface area contributed by atoms with Crippen molar-refractivity contribution >= 4 is 23.5 Å². The van der Waals surface area contributed by atoms with Gasteiger partial charge in [0, 0.05) is 11.6 Å². The summed E-state index contributed by atoms with van der Waals surface area (Å²) < 4.78 is 15.9. The van der Waals surface area contributed by atoms with E-state index in [1.54, 1.807) is 49.4 Å². The zero-order valence-corrected chi connectivity index (χ0v) is 15.0. The van der Waals surface area contributed by atoms with Crippen LogP contribution in [0.4, 0.5) is 5.69 Å². The van der Waals surface area contributed by atoms with Crippen molar-refractivity contribution in [2.24, 2.45) is 0 Å². The van der Waals surface area contributed by atoms with Crippen molar-refractivity contribution in [1.82, 2.24) is 0 Å². The molecule has 27 heavy (non-hydrogen) atoms. The molecule has 0 N–H and O–H groups in total. The monoisotopic (exact) mass is 367 g/mol. The molecule has 0 unspecified atom stereocenters. The summed E-state index contributed by atoms with van der Waals surface area (Å²) in [5.41, 5.74) is 1.94. The van der Waals surface area contributed by atoms with E-state index in [9.17, 15) is 14.9 Å². The van der Waals surface area contributed by atoms with Crippen molar-refractivity contribution in [3.8, 4) is 11.5 Å². The highest BCUT2D eigenvalue weighted by molar-refractivity contribution is 6.05. The van der Waals surface area contributed by atoms with E-state index >= 15 is 0 Å². The van der Waals surface area contributed by atoms with E-state index in [4.69, 9.17) is 14.2 Å². The van der Waals surface area contributed by atoms with Gasteiger partial charge in [-0.05, 0) is 42.8 Å². The van der Waals surface area contributed by atoms with Crippen LogP contribution < -0.4 is 9.47 Å². The van der Waals surface area contributed by atoms with Crippen LogP contribution in [0.3, 0.4) is 0 Å². The smallest absolute Gasteiger partial charge is 0.343 e. The molecule has 1 heterocycles. The third kappa shape index (κ3) is 3.67. The number of hydrogen-bond acceptors (Lipinski definition) is 6. The summed E-state index contributed by atoms with van der Waals surface area (Å²) in [6.45, 7) is 1.66. The number of methoxy groups -OCH3 is 2. The molecule has 2 aromatic rings. The maximum atomic E-state index is 12.3. The first-order valence-electron chi connectivity index (χ1n) is 8.06. The number of cyclic esters (lactones) is 1. The van der Waals surface area contributed by atoms with Crippen LogP contribution in [-0.4, -0.2) is 25.1 Å². The molecule has 0 saturated heterocycles. The maximum Gasteiger partial charge on any atom is 0.343 e. The van der Waals surface area contributed by atoms with Crippen LogP contribution in [0, 0.1) is 17.0 Å². The summed E-state index contributed by atoms with van der Waals surface area (Å²) in [5.74, 6) is 0.901. The third-order valence-corrected chi connectivity index (χ3v) is 4.15. The molecule has 0 atom stereocenters. The summed E-state index contributed by atoms with van der Waals surface area (Å²) in [7, 11) is 3.06. The second-order valence-electron chi connectivity index (χ2n) is 5.87. The van der Waals surface area contributed by atoms with Crippen LogP contribution in [0.25, 0.3) is 11.8 Å². The average Bonchev–Trinajstić information content (AvgIpc) is 3.02. The fourth-order valence-electron chi connectivity index (χ4n) is 2.72. The molecule has 0 saturated carbocycles. The molecule has 7 nitrogen and oxygen atoms in total. The van der Waals surface area contributed by atoms with Gasteiger partial charge in [-0.2, -0.15) is 0 Å². The lowest BCUT2D eigenvalue weighted by atomic mass is 10.1. The molecular weight excluding hydrogens is 350 g/mol. The van der Waals surface area contributed by atoms with E-state index in [0.29, 0.717) is 33.9 Å². The van der Waals surface area contributed by atoms with Crippen LogP contribution in [0.5, 0.6) is 11.5 Å². The first kappa shape index (κ1) is 18.2. The zero-order chi connectivity index (χ0) is 19.6. The average molecular weight is 367 g/mol. The first-order chi connectivity index (χ1) is 12.9. The summed E-state index contributed by atoms with van der Waals surface area (Å²) in [4.78, 5) is 22.9. The molecule has 3 rings (SSSR count). The molecule has 0 aromatic heterocycles. The van der Waals surface area contributed by atoms with Crippen LogP contribution in [0.2, 0.25) is 0 Å². The number of nitrogens with zero attached hydrogens (tertiary/aromatic N) is 1. The Labute approximate surface area is 155 Å². The number of carbonyl (C=O) groups excluding carboxylic acids is 1. The summed E-state index contributed by atoms with van der Waals surface area (Å²) >= 11 is 0. The second-order valence-corrected chi connectivity index (χ2v) is 5.87. The number of benzene rings is 2. The fraction of sp³-hybridized carbons (Fsp3) is 0.150. The maximum absolute atomic E-state index is 12.3. The molecule has 0 radical (unpaired) electrons. The number of ether oxygens (including phenoxy) is 3. The van der Waals surface area contributed by atoms with Gasteiger partial charge in [0.05, 0.1) is 30.3 Å². The molecule has 0 aliphatic carbocycles. The molecule has 2 aromatic carbocycles. The van der Waals surface area contributed by atoms with Gasteiger partial charge in [0.1, 0.15) is 17.3 Å². The Morgan fingerprint density at radius 1 is 1.11 bits per heavy atom. The Hall–Kier alpha value is -3.61. The fourth-order valence-corrected chi connectivity index (χ4v) is 2.72. The number of nitro benzene ring substituents is 1. The minimum atomic E-state index is -0.543. The minimum Gasteiger partial charge on any atom is -0.497 e. The Morgan fingerprint density at radius 3 is 2.56 bits per heavy atom. The van der Waals surface area contributed by atoms with Gasteiger partial charge in [-0.3, -0.25) is 10.1 Å². The highest BCUT2D eigenvalue weighted by Crippen LogP contribution is 2.35. The molecule has 1 aliphatic heterocycles. The largest absolute Gasteiger partial charge is 0.497 e. The van der Waals surface area contributed by atoms with Gasteiger partial charge >= 0.3 is 5.97 Å². The van der Waals surface area contributed by atoms with E-state index in [1.165, 1.54) is 20.3 Å². The van der Waals surface area contributed by atoms with E-state index in [1.807, 2.05) is 0 Å². The Morgan fingerprint density at radius 2 is 1.89 bits per heavy atom. The van der Waals surface area contributed by atoms with Crippen molar-refractivity contribution in [1.29, 1.82) is 0 Å².